The molecule has 20 heavy (non-hydrogen) atoms. The highest BCUT2D eigenvalue weighted by atomic mass is 32.1. The first-order valence-electron chi connectivity index (χ1n) is 6.66. The van der Waals surface area contributed by atoms with E-state index in [1.165, 1.54) is 4.88 Å². The van der Waals surface area contributed by atoms with E-state index in [0.717, 1.165) is 17.9 Å². The van der Waals surface area contributed by atoms with Crippen LogP contribution in [0.3, 0.4) is 0 Å². The molecule has 0 aliphatic carbocycles. The fraction of sp³-hybridized carbons (Fsp3) is 0.500. The molecule has 1 atom stereocenters. The molecular weight excluding hydrogens is 272 g/mol. The van der Waals surface area contributed by atoms with Crippen LogP contribution in [-0.4, -0.2) is 39.5 Å². The first-order valence-corrected chi connectivity index (χ1v) is 7.53. The van der Waals surface area contributed by atoms with Gasteiger partial charge in [-0.05, 0) is 32.3 Å². The number of aliphatic hydroxyl groups is 1. The summed E-state index contributed by atoms with van der Waals surface area (Å²) < 4.78 is 1.79. The fourth-order valence-corrected chi connectivity index (χ4v) is 3.02. The highest BCUT2D eigenvalue weighted by Crippen LogP contribution is 2.15. The lowest BCUT2D eigenvalue weighted by Crippen LogP contribution is -2.32. The molecular formula is C14H22N4OS. The lowest BCUT2D eigenvalue weighted by molar-refractivity contribution is 0.103. The van der Waals surface area contributed by atoms with Crippen LogP contribution in [0, 0.1) is 13.8 Å². The van der Waals surface area contributed by atoms with Crippen molar-refractivity contribution in [3.8, 4) is 0 Å². The Bertz CT molecular complexity index is 550. The van der Waals surface area contributed by atoms with Crippen LogP contribution in [0.4, 0.5) is 5.69 Å². The zero-order chi connectivity index (χ0) is 14.7. The summed E-state index contributed by atoms with van der Waals surface area (Å²) in [7, 11) is 2.01. The minimum atomic E-state index is -0.461. The molecule has 2 heterocycles. The van der Waals surface area contributed by atoms with Crippen molar-refractivity contribution in [3.05, 3.63) is 33.8 Å². The van der Waals surface area contributed by atoms with Crippen LogP contribution in [0.25, 0.3) is 0 Å². The maximum atomic E-state index is 10.2. The van der Waals surface area contributed by atoms with Crippen molar-refractivity contribution in [2.24, 2.45) is 0 Å². The van der Waals surface area contributed by atoms with E-state index in [-0.39, 0.29) is 0 Å². The van der Waals surface area contributed by atoms with Gasteiger partial charge in [-0.3, -0.25) is 9.58 Å². The van der Waals surface area contributed by atoms with Crippen LogP contribution in [0.15, 0.2) is 17.5 Å². The van der Waals surface area contributed by atoms with E-state index in [4.69, 9.17) is 5.73 Å². The number of nitrogens with two attached hydrogens (primary N) is 1. The molecule has 0 radical (unpaired) electrons. The standard InChI is InChI=1S/C14H22N4OS/c1-10-14(15)11(2)18(16-10)8-12(19)7-17(3)9-13-5-4-6-20-13/h4-6,12,19H,7-9,15H2,1-3H3. The molecule has 0 aliphatic heterocycles. The molecule has 6 heteroatoms. The predicted molar refractivity (Wildman–Crippen MR) is 82.8 cm³/mol. The topological polar surface area (TPSA) is 67.3 Å². The molecule has 0 saturated heterocycles. The zero-order valence-corrected chi connectivity index (χ0v) is 13.0. The van der Waals surface area contributed by atoms with Crippen molar-refractivity contribution in [2.45, 2.75) is 33.0 Å². The number of anilines is 1. The van der Waals surface area contributed by atoms with E-state index in [0.29, 0.717) is 18.8 Å². The molecule has 5 nitrogen and oxygen atoms in total. The highest BCUT2D eigenvalue weighted by molar-refractivity contribution is 7.09. The molecule has 0 aromatic carbocycles. The molecule has 3 N–H and O–H groups in total. The molecule has 2 rings (SSSR count). The monoisotopic (exact) mass is 294 g/mol. The number of rotatable bonds is 6. The summed E-state index contributed by atoms with van der Waals surface area (Å²) in [5, 5.41) is 16.6. The summed E-state index contributed by atoms with van der Waals surface area (Å²) in [6.45, 7) is 5.74. The Hall–Kier alpha value is -1.37. The number of aryl methyl sites for hydroxylation is 1. The summed E-state index contributed by atoms with van der Waals surface area (Å²) in [6.07, 6.45) is -0.461. The van der Waals surface area contributed by atoms with Gasteiger partial charge in [-0.1, -0.05) is 6.07 Å². The third kappa shape index (κ3) is 3.59. The second-order valence-corrected chi connectivity index (χ2v) is 6.23. The number of likely N-dealkylation sites (N-methyl/N-ethyl adjacent to an activating group) is 1. The van der Waals surface area contributed by atoms with Gasteiger partial charge in [0, 0.05) is 18.0 Å². The van der Waals surface area contributed by atoms with Gasteiger partial charge >= 0.3 is 0 Å². The van der Waals surface area contributed by atoms with Crippen LogP contribution in [-0.2, 0) is 13.1 Å². The molecule has 0 aliphatic rings. The molecule has 0 bridgehead atoms. The van der Waals surface area contributed by atoms with Crippen molar-refractivity contribution in [3.63, 3.8) is 0 Å². The first-order chi connectivity index (χ1) is 9.47. The smallest absolute Gasteiger partial charge is 0.0862 e. The SMILES string of the molecule is Cc1nn(CC(O)CN(C)Cc2cccs2)c(C)c1N. The third-order valence-electron chi connectivity index (χ3n) is 3.35. The van der Waals surface area contributed by atoms with Gasteiger partial charge in [0.05, 0.1) is 29.7 Å². The van der Waals surface area contributed by atoms with Crippen LogP contribution in [0.5, 0.6) is 0 Å². The van der Waals surface area contributed by atoms with Gasteiger partial charge in [0.1, 0.15) is 0 Å². The second-order valence-electron chi connectivity index (χ2n) is 5.20. The number of nitrogen functional groups attached to an aromatic ring is 1. The Morgan fingerprint density at radius 1 is 1.50 bits per heavy atom. The van der Waals surface area contributed by atoms with Crippen molar-refractivity contribution in [2.75, 3.05) is 19.3 Å². The summed E-state index contributed by atoms with van der Waals surface area (Å²) >= 11 is 1.73. The second kappa shape index (κ2) is 6.39. The summed E-state index contributed by atoms with van der Waals surface area (Å²) in [5.41, 5.74) is 8.35. The Balaban J connectivity index is 1.88. The number of hydrogen-bond donors (Lipinski definition) is 2. The van der Waals surface area contributed by atoms with Gasteiger partial charge in [0.25, 0.3) is 0 Å². The molecule has 0 fully saturated rings. The third-order valence-corrected chi connectivity index (χ3v) is 4.21. The Labute approximate surface area is 123 Å². The zero-order valence-electron chi connectivity index (χ0n) is 12.2. The van der Waals surface area contributed by atoms with Gasteiger partial charge in [0.2, 0.25) is 0 Å². The summed E-state index contributed by atoms with van der Waals surface area (Å²) in [5.74, 6) is 0. The molecule has 110 valence electrons. The number of thiophene rings is 1. The van der Waals surface area contributed by atoms with Crippen molar-refractivity contribution >= 4 is 17.0 Å². The minimum absolute atomic E-state index is 0.461. The Morgan fingerprint density at radius 3 is 2.80 bits per heavy atom. The largest absolute Gasteiger partial charge is 0.396 e. The summed E-state index contributed by atoms with van der Waals surface area (Å²) in [4.78, 5) is 3.42. The number of hydrogen-bond acceptors (Lipinski definition) is 5. The van der Waals surface area contributed by atoms with Crippen LogP contribution < -0.4 is 5.73 Å². The Morgan fingerprint density at radius 2 is 2.25 bits per heavy atom. The van der Waals surface area contributed by atoms with E-state index in [1.807, 2.05) is 27.0 Å². The van der Waals surface area contributed by atoms with Gasteiger partial charge in [-0.25, -0.2) is 0 Å². The van der Waals surface area contributed by atoms with Gasteiger partial charge in [0.15, 0.2) is 0 Å². The number of nitrogens with zero attached hydrogens (tertiary/aromatic N) is 3. The average Bonchev–Trinajstić information content (AvgIpc) is 2.95. The van der Waals surface area contributed by atoms with E-state index >= 15 is 0 Å². The molecule has 0 saturated carbocycles. The quantitative estimate of drug-likeness (QED) is 0.850. The molecule has 2 aromatic rings. The van der Waals surface area contributed by atoms with E-state index in [2.05, 4.69) is 21.4 Å². The number of aromatic nitrogens is 2. The maximum Gasteiger partial charge on any atom is 0.0862 e. The molecule has 0 amide bonds. The first kappa shape index (κ1) is 15.0. The van der Waals surface area contributed by atoms with E-state index in [9.17, 15) is 5.11 Å². The van der Waals surface area contributed by atoms with Gasteiger partial charge in [-0.15, -0.1) is 11.3 Å². The van der Waals surface area contributed by atoms with Gasteiger partial charge < -0.3 is 10.8 Å². The molecule has 1 unspecified atom stereocenters. The van der Waals surface area contributed by atoms with Crippen molar-refractivity contribution in [1.29, 1.82) is 0 Å². The van der Waals surface area contributed by atoms with Crippen LogP contribution in [0.1, 0.15) is 16.3 Å². The number of aliphatic hydroxyl groups excluding tert-OH is 1. The lowest BCUT2D eigenvalue weighted by Gasteiger charge is -2.20. The lowest BCUT2D eigenvalue weighted by atomic mass is 10.3. The van der Waals surface area contributed by atoms with E-state index in [1.54, 1.807) is 16.0 Å². The average molecular weight is 294 g/mol. The molecule has 2 aromatic heterocycles. The minimum Gasteiger partial charge on any atom is -0.396 e. The van der Waals surface area contributed by atoms with Crippen LogP contribution >= 0.6 is 11.3 Å². The summed E-state index contributed by atoms with van der Waals surface area (Å²) in [6, 6.07) is 4.15. The normalized spacial score (nSPS) is 13.1. The van der Waals surface area contributed by atoms with E-state index < -0.39 is 6.10 Å². The van der Waals surface area contributed by atoms with Crippen molar-refractivity contribution in [1.82, 2.24) is 14.7 Å². The maximum absolute atomic E-state index is 10.2. The predicted octanol–water partition coefficient (Wildman–Crippen LogP) is 1.64. The van der Waals surface area contributed by atoms with Crippen molar-refractivity contribution < 1.29 is 5.11 Å². The molecule has 0 spiro atoms. The van der Waals surface area contributed by atoms with Crippen LogP contribution in [0.2, 0.25) is 0 Å². The Kier molecular flexibility index (Phi) is 4.80. The fourth-order valence-electron chi connectivity index (χ4n) is 2.24. The van der Waals surface area contributed by atoms with Gasteiger partial charge in [-0.2, -0.15) is 5.10 Å². The highest BCUT2D eigenvalue weighted by Gasteiger charge is 2.14.